The van der Waals surface area contributed by atoms with Gasteiger partial charge in [0.2, 0.25) is 11.7 Å². The van der Waals surface area contributed by atoms with Crippen molar-refractivity contribution in [1.82, 2.24) is 19.9 Å². The molecule has 2 aromatic rings. The van der Waals surface area contributed by atoms with Gasteiger partial charge in [-0.2, -0.15) is 5.10 Å². The van der Waals surface area contributed by atoms with Crippen LogP contribution in [0.4, 0.5) is 0 Å². The molecule has 1 aliphatic rings. The third-order valence-corrected chi connectivity index (χ3v) is 4.23. The molecule has 0 unspecified atom stereocenters. The number of hydrogen-bond acceptors (Lipinski definition) is 4. The van der Waals surface area contributed by atoms with Crippen molar-refractivity contribution in [3.05, 3.63) is 29.3 Å². The molecule has 0 atom stereocenters. The summed E-state index contributed by atoms with van der Waals surface area (Å²) < 4.78 is 1.54. The number of carbonyl (C=O) groups is 2. The quantitative estimate of drug-likeness (QED) is 0.882. The highest BCUT2D eigenvalue weighted by Crippen LogP contribution is 2.26. The van der Waals surface area contributed by atoms with Gasteiger partial charge in [-0.1, -0.05) is 20.3 Å². The van der Waals surface area contributed by atoms with Crippen LogP contribution < -0.4 is 5.32 Å². The smallest absolute Gasteiger partial charge is 0.289 e. The summed E-state index contributed by atoms with van der Waals surface area (Å²) in [5.41, 5.74) is 2.68. The zero-order chi connectivity index (χ0) is 15.9. The minimum absolute atomic E-state index is 0.0314. The fourth-order valence-corrected chi connectivity index (χ4v) is 2.53. The number of nitrogens with zero attached hydrogens (tertiary/aromatic N) is 3. The summed E-state index contributed by atoms with van der Waals surface area (Å²) in [4.78, 5) is 28.4. The molecule has 1 saturated carbocycles. The molecule has 0 aromatic carbocycles. The molecule has 1 aliphatic carbocycles. The molecule has 1 fully saturated rings. The lowest BCUT2D eigenvalue weighted by Crippen LogP contribution is -2.39. The first-order valence-corrected chi connectivity index (χ1v) is 7.68. The average Bonchev–Trinajstić information content (AvgIpc) is 2.80. The molecule has 0 bridgehead atoms. The number of nitrogens with one attached hydrogen (secondary N) is 1. The van der Waals surface area contributed by atoms with Gasteiger partial charge in [0.1, 0.15) is 0 Å². The van der Waals surface area contributed by atoms with E-state index in [1.807, 2.05) is 26.8 Å². The molecule has 116 valence electrons. The van der Waals surface area contributed by atoms with Crippen LogP contribution in [-0.2, 0) is 4.79 Å². The van der Waals surface area contributed by atoms with Crippen LogP contribution in [0.3, 0.4) is 0 Å². The molecule has 0 saturated heterocycles. The molecule has 0 spiro atoms. The van der Waals surface area contributed by atoms with E-state index in [0.29, 0.717) is 0 Å². The highest BCUT2D eigenvalue weighted by Gasteiger charge is 2.28. The van der Waals surface area contributed by atoms with Gasteiger partial charge in [0.25, 0.3) is 5.91 Å². The lowest BCUT2D eigenvalue weighted by Gasteiger charge is -2.23. The van der Waals surface area contributed by atoms with E-state index in [9.17, 15) is 9.59 Å². The number of rotatable bonds is 3. The van der Waals surface area contributed by atoms with Crippen LogP contribution in [0.15, 0.2) is 12.3 Å². The topological polar surface area (TPSA) is 76.4 Å². The summed E-state index contributed by atoms with van der Waals surface area (Å²) in [6.45, 7) is 6.06. The maximum atomic E-state index is 12.3. The van der Waals surface area contributed by atoms with Crippen molar-refractivity contribution in [2.45, 2.75) is 46.0 Å². The normalized spacial score (nSPS) is 15.1. The van der Waals surface area contributed by atoms with Gasteiger partial charge in [-0.25, -0.2) is 9.50 Å². The van der Waals surface area contributed by atoms with E-state index in [4.69, 9.17) is 0 Å². The molecule has 6 heteroatoms. The number of fused-ring (bicyclic) bond motifs is 1. The monoisotopic (exact) mass is 300 g/mol. The summed E-state index contributed by atoms with van der Waals surface area (Å²) in [6, 6.07) is 2.00. The SMILES string of the molecule is Cc1cc(C(C)C)nn2c(C(=O)NC(=O)C3CCC3)ncc12. The zero-order valence-electron chi connectivity index (χ0n) is 13.1. The van der Waals surface area contributed by atoms with Crippen LogP contribution in [0.1, 0.15) is 60.9 Å². The Morgan fingerprint density at radius 1 is 1.36 bits per heavy atom. The van der Waals surface area contributed by atoms with Gasteiger partial charge in [-0.3, -0.25) is 14.9 Å². The predicted octanol–water partition coefficient (Wildman–Crippen LogP) is 2.22. The minimum Gasteiger partial charge on any atom is -0.289 e. The second-order valence-electron chi connectivity index (χ2n) is 6.23. The molecule has 22 heavy (non-hydrogen) atoms. The van der Waals surface area contributed by atoms with E-state index in [1.165, 1.54) is 4.52 Å². The Labute approximate surface area is 128 Å². The number of amides is 2. The van der Waals surface area contributed by atoms with E-state index < -0.39 is 5.91 Å². The highest BCUT2D eigenvalue weighted by molar-refractivity contribution is 6.03. The number of aromatic nitrogens is 3. The maximum absolute atomic E-state index is 12.3. The standard InChI is InChI=1S/C16H20N4O2/c1-9(2)12-7-10(3)13-8-17-14(20(13)19-12)16(22)18-15(21)11-5-4-6-11/h7-9,11H,4-6H2,1-3H3,(H,18,21,22). The number of carbonyl (C=O) groups excluding carboxylic acids is 2. The Morgan fingerprint density at radius 2 is 2.09 bits per heavy atom. The average molecular weight is 300 g/mol. The number of imide groups is 1. The van der Waals surface area contributed by atoms with Gasteiger partial charge in [-0.05, 0) is 37.3 Å². The second kappa shape index (κ2) is 5.51. The molecular formula is C16H20N4O2. The van der Waals surface area contributed by atoms with Crippen molar-refractivity contribution in [3.63, 3.8) is 0 Å². The predicted molar refractivity (Wildman–Crippen MR) is 81.6 cm³/mol. The molecule has 0 radical (unpaired) electrons. The van der Waals surface area contributed by atoms with Crippen molar-refractivity contribution in [1.29, 1.82) is 0 Å². The molecule has 1 N–H and O–H groups in total. The first kappa shape index (κ1) is 14.7. The van der Waals surface area contributed by atoms with Crippen LogP contribution in [0.5, 0.6) is 0 Å². The Morgan fingerprint density at radius 3 is 2.68 bits per heavy atom. The van der Waals surface area contributed by atoms with Crippen LogP contribution in [0.25, 0.3) is 5.52 Å². The van der Waals surface area contributed by atoms with Crippen LogP contribution in [0.2, 0.25) is 0 Å². The number of imidazole rings is 1. The van der Waals surface area contributed by atoms with E-state index >= 15 is 0 Å². The summed E-state index contributed by atoms with van der Waals surface area (Å²) in [5.74, 6) is -0.308. The van der Waals surface area contributed by atoms with E-state index in [2.05, 4.69) is 15.4 Å². The van der Waals surface area contributed by atoms with Gasteiger partial charge >= 0.3 is 0 Å². The molecular weight excluding hydrogens is 280 g/mol. The van der Waals surface area contributed by atoms with Crippen molar-refractivity contribution in [2.75, 3.05) is 0 Å². The van der Waals surface area contributed by atoms with Gasteiger partial charge in [0, 0.05) is 5.92 Å². The fraction of sp³-hybridized carbons (Fsp3) is 0.500. The van der Waals surface area contributed by atoms with Gasteiger partial charge in [0.15, 0.2) is 0 Å². The lowest BCUT2D eigenvalue weighted by atomic mass is 9.85. The molecule has 2 heterocycles. The van der Waals surface area contributed by atoms with E-state index in [-0.39, 0.29) is 23.6 Å². The van der Waals surface area contributed by atoms with Crippen LogP contribution >= 0.6 is 0 Å². The Bertz CT molecular complexity index is 744. The van der Waals surface area contributed by atoms with Gasteiger partial charge in [0.05, 0.1) is 17.4 Å². The first-order chi connectivity index (χ1) is 10.5. The number of aryl methyl sites for hydroxylation is 1. The maximum Gasteiger partial charge on any atom is 0.295 e. The molecule has 2 aromatic heterocycles. The van der Waals surface area contributed by atoms with Crippen molar-refractivity contribution < 1.29 is 9.59 Å². The van der Waals surface area contributed by atoms with Gasteiger partial charge < -0.3 is 0 Å². The molecule has 2 amide bonds. The lowest BCUT2D eigenvalue weighted by molar-refractivity contribution is -0.126. The Balaban J connectivity index is 1.92. The summed E-state index contributed by atoms with van der Waals surface area (Å²) in [6.07, 6.45) is 4.39. The van der Waals surface area contributed by atoms with Crippen LogP contribution in [0, 0.1) is 12.8 Å². The molecule has 0 aliphatic heterocycles. The largest absolute Gasteiger partial charge is 0.295 e. The molecule has 6 nitrogen and oxygen atoms in total. The third kappa shape index (κ3) is 2.49. The van der Waals surface area contributed by atoms with Crippen molar-refractivity contribution in [3.8, 4) is 0 Å². The Kier molecular flexibility index (Phi) is 3.68. The second-order valence-corrected chi connectivity index (χ2v) is 6.23. The van der Waals surface area contributed by atoms with E-state index in [1.54, 1.807) is 6.20 Å². The summed E-state index contributed by atoms with van der Waals surface area (Å²) in [5, 5.41) is 6.93. The van der Waals surface area contributed by atoms with Crippen molar-refractivity contribution in [2.24, 2.45) is 5.92 Å². The van der Waals surface area contributed by atoms with Gasteiger partial charge in [-0.15, -0.1) is 0 Å². The molecule has 3 rings (SSSR count). The van der Waals surface area contributed by atoms with E-state index in [0.717, 1.165) is 36.0 Å². The minimum atomic E-state index is -0.482. The summed E-state index contributed by atoms with van der Waals surface area (Å²) in [7, 11) is 0. The highest BCUT2D eigenvalue weighted by atomic mass is 16.2. The zero-order valence-corrected chi connectivity index (χ0v) is 13.1. The number of hydrogen-bond donors (Lipinski definition) is 1. The first-order valence-electron chi connectivity index (χ1n) is 7.68. The fourth-order valence-electron chi connectivity index (χ4n) is 2.53. The van der Waals surface area contributed by atoms with Crippen LogP contribution in [-0.4, -0.2) is 26.4 Å². The summed E-state index contributed by atoms with van der Waals surface area (Å²) >= 11 is 0. The van der Waals surface area contributed by atoms with Crippen molar-refractivity contribution >= 4 is 17.3 Å². The Hall–Kier alpha value is -2.24. The third-order valence-electron chi connectivity index (χ3n) is 4.23.